The molecule has 0 aliphatic heterocycles. The van der Waals surface area contributed by atoms with Gasteiger partial charge in [-0.3, -0.25) is 14.2 Å². The maximum Gasteiger partial charge on any atom is 0.273 e. The number of aromatic nitrogens is 4. The molecule has 0 saturated heterocycles. The van der Waals surface area contributed by atoms with E-state index in [4.69, 9.17) is 0 Å². The second-order valence-corrected chi connectivity index (χ2v) is 6.24. The van der Waals surface area contributed by atoms with E-state index in [-0.39, 0.29) is 5.91 Å². The summed E-state index contributed by atoms with van der Waals surface area (Å²) in [5, 5.41) is 8.39. The third-order valence-electron chi connectivity index (χ3n) is 3.10. The molecule has 2 aromatic rings. The van der Waals surface area contributed by atoms with Crippen molar-refractivity contribution in [1.29, 1.82) is 0 Å². The maximum absolute atomic E-state index is 12.5. The van der Waals surface area contributed by atoms with Gasteiger partial charge in [0.05, 0.1) is 33.1 Å². The summed E-state index contributed by atoms with van der Waals surface area (Å²) in [5.74, 6) is -0.0897. The van der Waals surface area contributed by atoms with E-state index in [1.54, 1.807) is 34.6 Å². The minimum absolute atomic E-state index is 0.0897. The zero-order chi connectivity index (χ0) is 15.0. The molecule has 2 aromatic heterocycles. The van der Waals surface area contributed by atoms with Crippen molar-refractivity contribution in [3.05, 3.63) is 32.2 Å². The minimum Gasteiger partial charge on any atom is -0.334 e. The van der Waals surface area contributed by atoms with Crippen LogP contribution in [-0.4, -0.2) is 37.4 Å². The number of halogens is 2. The van der Waals surface area contributed by atoms with E-state index in [0.717, 1.165) is 20.3 Å². The van der Waals surface area contributed by atoms with Gasteiger partial charge in [-0.2, -0.15) is 10.2 Å². The van der Waals surface area contributed by atoms with Gasteiger partial charge >= 0.3 is 0 Å². The van der Waals surface area contributed by atoms with Gasteiger partial charge in [-0.15, -0.1) is 0 Å². The summed E-state index contributed by atoms with van der Waals surface area (Å²) in [7, 11) is 5.37. The molecule has 0 aromatic carbocycles. The lowest BCUT2D eigenvalue weighted by Gasteiger charge is -2.18. The minimum atomic E-state index is -0.0897. The molecule has 8 heteroatoms. The summed E-state index contributed by atoms with van der Waals surface area (Å²) in [6, 6.07) is 0. The van der Waals surface area contributed by atoms with Gasteiger partial charge in [-0.1, -0.05) is 0 Å². The number of carbonyl (C=O) groups is 1. The van der Waals surface area contributed by atoms with Gasteiger partial charge in [0.1, 0.15) is 5.69 Å². The van der Waals surface area contributed by atoms with Gasteiger partial charge in [-0.25, -0.2) is 0 Å². The summed E-state index contributed by atoms with van der Waals surface area (Å²) in [5.41, 5.74) is 2.28. The smallest absolute Gasteiger partial charge is 0.273 e. The molecule has 0 spiro atoms. The van der Waals surface area contributed by atoms with Gasteiger partial charge in [0.25, 0.3) is 5.91 Å². The van der Waals surface area contributed by atoms with E-state index in [2.05, 4.69) is 42.1 Å². The highest BCUT2D eigenvalue weighted by Gasteiger charge is 2.22. The van der Waals surface area contributed by atoms with E-state index in [9.17, 15) is 4.79 Å². The van der Waals surface area contributed by atoms with Gasteiger partial charge < -0.3 is 4.90 Å². The Morgan fingerprint density at radius 2 is 2.00 bits per heavy atom. The fraction of sp³-hybridized carbons (Fsp3) is 0.417. The first-order valence-corrected chi connectivity index (χ1v) is 7.52. The van der Waals surface area contributed by atoms with Crippen LogP contribution in [0.5, 0.6) is 0 Å². The molecule has 20 heavy (non-hydrogen) atoms. The van der Waals surface area contributed by atoms with Gasteiger partial charge in [0.2, 0.25) is 0 Å². The number of aryl methyl sites for hydroxylation is 3. The molecule has 0 N–H and O–H groups in total. The highest BCUT2D eigenvalue weighted by Crippen LogP contribution is 2.23. The van der Waals surface area contributed by atoms with Crippen LogP contribution in [0.1, 0.15) is 21.9 Å². The number of rotatable bonds is 3. The Hall–Kier alpha value is -1.15. The first-order chi connectivity index (χ1) is 9.32. The fourth-order valence-electron chi connectivity index (χ4n) is 1.96. The average molecular weight is 405 g/mol. The molecule has 0 fully saturated rings. The van der Waals surface area contributed by atoms with Gasteiger partial charge in [0.15, 0.2) is 0 Å². The molecule has 0 bridgehead atoms. The molecular weight excluding hydrogens is 390 g/mol. The molecule has 6 nitrogen and oxygen atoms in total. The molecule has 0 aliphatic rings. The third kappa shape index (κ3) is 2.67. The predicted molar refractivity (Wildman–Crippen MR) is 82.4 cm³/mol. The standard InChI is InChI=1S/C12H15Br2N5O/c1-7-10(14)11(19(4)16-7)12(20)17(2)6-9-8(13)5-15-18(9)3/h5H,6H2,1-4H3. The Balaban J connectivity index is 2.25. The summed E-state index contributed by atoms with van der Waals surface area (Å²) in [4.78, 5) is 14.2. The van der Waals surface area contributed by atoms with Crippen molar-refractivity contribution in [2.75, 3.05) is 7.05 Å². The van der Waals surface area contributed by atoms with Crippen molar-refractivity contribution >= 4 is 37.8 Å². The van der Waals surface area contributed by atoms with Crippen LogP contribution in [0, 0.1) is 6.92 Å². The molecule has 0 aliphatic carbocycles. The summed E-state index contributed by atoms with van der Waals surface area (Å²) in [6.07, 6.45) is 1.72. The molecular formula is C12H15Br2N5O. The predicted octanol–water partition coefficient (Wildman–Crippen LogP) is 2.26. The lowest BCUT2D eigenvalue weighted by atomic mass is 10.3. The number of nitrogens with zero attached hydrogens (tertiary/aromatic N) is 5. The van der Waals surface area contributed by atoms with E-state index in [0.29, 0.717) is 12.2 Å². The quantitative estimate of drug-likeness (QED) is 0.788. The van der Waals surface area contributed by atoms with Crippen molar-refractivity contribution in [2.24, 2.45) is 14.1 Å². The number of carbonyl (C=O) groups excluding carboxylic acids is 1. The van der Waals surface area contributed by atoms with Crippen LogP contribution >= 0.6 is 31.9 Å². The second-order valence-electron chi connectivity index (χ2n) is 4.60. The number of amides is 1. The van der Waals surface area contributed by atoms with E-state index >= 15 is 0 Å². The molecule has 0 radical (unpaired) electrons. The zero-order valence-corrected chi connectivity index (χ0v) is 14.9. The topological polar surface area (TPSA) is 56.0 Å². The molecule has 0 unspecified atom stereocenters. The van der Waals surface area contributed by atoms with Crippen LogP contribution in [0.25, 0.3) is 0 Å². The van der Waals surface area contributed by atoms with E-state index in [1.807, 2.05) is 14.0 Å². The normalized spacial score (nSPS) is 10.9. The van der Waals surface area contributed by atoms with Crippen LogP contribution in [0.15, 0.2) is 15.1 Å². The van der Waals surface area contributed by atoms with Gasteiger partial charge in [0, 0.05) is 21.1 Å². The molecule has 108 valence electrons. The maximum atomic E-state index is 12.5. The Morgan fingerprint density at radius 3 is 2.45 bits per heavy atom. The Bertz CT molecular complexity index is 642. The summed E-state index contributed by atoms with van der Waals surface area (Å²) < 4.78 is 4.97. The number of hydrogen-bond donors (Lipinski definition) is 0. The SMILES string of the molecule is Cc1nn(C)c(C(=O)N(C)Cc2c(Br)cnn2C)c1Br. The van der Waals surface area contributed by atoms with E-state index in [1.165, 1.54) is 0 Å². The van der Waals surface area contributed by atoms with Crippen molar-refractivity contribution in [1.82, 2.24) is 24.5 Å². The Kier molecular flexibility index (Phi) is 4.33. The molecule has 2 rings (SSSR count). The van der Waals surface area contributed by atoms with Crippen LogP contribution in [0.2, 0.25) is 0 Å². The van der Waals surface area contributed by atoms with Crippen molar-refractivity contribution < 1.29 is 4.79 Å². The van der Waals surface area contributed by atoms with Crippen LogP contribution in [-0.2, 0) is 20.6 Å². The average Bonchev–Trinajstić information content (AvgIpc) is 2.82. The van der Waals surface area contributed by atoms with Crippen LogP contribution in [0.3, 0.4) is 0 Å². The van der Waals surface area contributed by atoms with Crippen molar-refractivity contribution in [3.63, 3.8) is 0 Å². The largest absolute Gasteiger partial charge is 0.334 e. The second kappa shape index (κ2) is 5.69. The highest BCUT2D eigenvalue weighted by molar-refractivity contribution is 9.10. The Morgan fingerprint density at radius 1 is 1.35 bits per heavy atom. The van der Waals surface area contributed by atoms with Crippen molar-refractivity contribution in [2.45, 2.75) is 13.5 Å². The summed E-state index contributed by atoms with van der Waals surface area (Å²) >= 11 is 6.86. The highest BCUT2D eigenvalue weighted by atomic mass is 79.9. The Labute approximate surface area is 134 Å². The first-order valence-electron chi connectivity index (χ1n) is 5.93. The monoisotopic (exact) mass is 403 g/mol. The van der Waals surface area contributed by atoms with Crippen molar-refractivity contribution in [3.8, 4) is 0 Å². The molecule has 0 saturated carbocycles. The zero-order valence-electron chi connectivity index (χ0n) is 11.7. The number of hydrogen-bond acceptors (Lipinski definition) is 3. The van der Waals surface area contributed by atoms with Crippen LogP contribution < -0.4 is 0 Å². The molecule has 1 amide bonds. The van der Waals surface area contributed by atoms with Crippen LogP contribution in [0.4, 0.5) is 0 Å². The summed E-state index contributed by atoms with van der Waals surface area (Å²) in [6.45, 7) is 2.32. The molecule has 0 atom stereocenters. The van der Waals surface area contributed by atoms with E-state index < -0.39 is 0 Å². The van der Waals surface area contributed by atoms with Gasteiger partial charge in [-0.05, 0) is 38.8 Å². The lowest BCUT2D eigenvalue weighted by Crippen LogP contribution is -2.29. The lowest BCUT2D eigenvalue weighted by molar-refractivity contribution is 0.0770. The first kappa shape index (κ1) is 15.2. The molecule has 2 heterocycles. The third-order valence-corrected chi connectivity index (χ3v) is 4.71. The fourth-order valence-corrected chi connectivity index (χ4v) is 2.93.